The molecule has 0 radical (unpaired) electrons. The Kier molecular flexibility index (Phi) is 5.25. The number of methoxy groups -OCH3 is 1. The van der Waals surface area contributed by atoms with Crippen molar-refractivity contribution in [2.24, 2.45) is 5.92 Å². The van der Waals surface area contributed by atoms with E-state index in [1.54, 1.807) is 30.2 Å². The van der Waals surface area contributed by atoms with Gasteiger partial charge in [0.25, 0.3) is 5.91 Å². The Balaban J connectivity index is 2.18. The molecule has 120 valence electrons. The Morgan fingerprint density at radius 3 is 2.77 bits per heavy atom. The number of amides is 1. The molecule has 1 aromatic rings. The van der Waals surface area contributed by atoms with E-state index >= 15 is 0 Å². The number of hydrogen-bond acceptors (Lipinski definition) is 4. The van der Waals surface area contributed by atoms with Gasteiger partial charge in [-0.05, 0) is 38.0 Å². The summed E-state index contributed by atoms with van der Waals surface area (Å²) in [5.41, 5.74) is 0.482. The summed E-state index contributed by atoms with van der Waals surface area (Å²) in [5, 5.41) is 9.12. The highest BCUT2D eigenvalue weighted by atomic mass is 16.5. The number of benzene rings is 1. The molecule has 0 aliphatic carbocycles. The monoisotopic (exact) mass is 307 g/mol. The number of carbonyl (C=O) groups is 2. The molecule has 1 aliphatic heterocycles. The van der Waals surface area contributed by atoms with Gasteiger partial charge in [0.05, 0.1) is 19.6 Å². The van der Waals surface area contributed by atoms with Crippen LogP contribution in [-0.4, -0.2) is 48.7 Å². The number of piperidine rings is 1. The van der Waals surface area contributed by atoms with Gasteiger partial charge in [-0.2, -0.15) is 0 Å². The maximum atomic E-state index is 12.6. The third-order valence-corrected chi connectivity index (χ3v) is 3.77. The van der Waals surface area contributed by atoms with Gasteiger partial charge in [-0.1, -0.05) is 0 Å². The molecule has 0 aromatic heterocycles. The van der Waals surface area contributed by atoms with Crippen LogP contribution in [0, 0.1) is 5.92 Å². The van der Waals surface area contributed by atoms with Crippen molar-refractivity contribution in [3.63, 3.8) is 0 Å². The molecule has 22 heavy (non-hydrogen) atoms. The van der Waals surface area contributed by atoms with E-state index in [1.807, 2.05) is 6.92 Å². The first-order valence-corrected chi connectivity index (χ1v) is 7.39. The number of hydrogen-bond donors (Lipinski definition) is 1. The topological polar surface area (TPSA) is 76.1 Å². The van der Waals surface area contributed by atoms with Crippen LogP contribution in [0.1, 0.15) is 30.1 Å². The van der Waals surface area contributed by atoms with Gasteiger partial charge in [0, 0.05) is 18.7 Å². The molecule has 1 fully saturated rings. The van der Waals surface area contributed by atoms with Crippen LogP contribution in [0.15, 0.2) is 18.2 Å². The quantitative estimate of drug-likeness (QED) is 0.900. The summed E-state index contributed by atoms with van der Waals surface area (Å²) in [6.45, 7) is 3.16. The minimum absolute atomic E-state index is 0.172. The predicted octanol–water partition coefficient (Wildman–Crippen LogP) is 2.03. The number of aliphatic carboxylic acids is 1. The zero-order valence-corrected chi connectivity index (χ0v) is 12.9. The van der Waals surface area contributed by atoms with E-state index in [1.165, 1.54) is 0 Å². The fourth-order valence-corrected chi connectivity index (χ4v) is 2.62. The lowest BCUT2D eigenvalue weighted by molar-refractivity contribution is -0.143. The van der Waals surface area contributed by atoms with Crippen molar-refractivity contribution >= 4 is 11.9 Å². The number of likely N-dealkylation sites (tertiary alicyclic amines) is 1. The summed E-state index contributed by atoms with van der Waals surface area (Å²) < 4.78 is 10.7. The van der Waals surface area contributed by atoms with Crippen LogP contribution < -0.4 is 9.47 Å². The molecule has 0 saturated carbocycles. The Hall–Kier alpha value is -2.24. The lowest BCUT2D eigenvalue weighted by Crippen LogP contribution is -2.42. The molecule has 1 saturated heterocycles. The summed E-state index contributed by atoms with van der Waals surface area (Å²) in [6, 6.07) is 5.01. The molecule has 1 N–H and O–H groups in total. The predicted molar refractivity (Wildman–Crippen MR) is 80.4 cm³/mol. The van der Waals surface area contributed by atoms with E-state index in [0.717, 1.165) is 0 Å². The van der Waals surface area contributed by atoms with Gasteiger partial charge in [0.15, 0.2) is 11.5 Å². The minimum Gasteiger partial charge on any atom is -0.493 e. The standard InChI is InChI=1S/C16H21NO5/c1-3-22-14-9-11(6-7-13(14)21-2)15(18)17-8-4-5-12(10-17)16(19)20/h6-7,9,12H,3-5,8,10H2,1-2H3,(H,19,20)/t12-/m1/s1. The van der Waals surface area contributed by atoms with Crippen molar-refractivity contribution in [1.29, 1.82) is 0 Å². The largest absolute Gasteiger partial charge is 0.493 e. The molecule has 0 unspecified atom stereocenters. The van der Waals surface area contributed by atoms with Crippen molar-refractivity contribution in [2.75, 3.05) is 26.8 Å². The second-order valence-corrected chi connectivity index (χ2v) is 5.23. The van der Waals surface area contributed by atoms with E-state index in [-0.39, 0.29) is 12.5 Å². The van der Waals surface area contributed by atoms with Gasteiger partial charge in [-0.15, -0.1) is 0 Å². The molecule has 1 heterocycles. The van der Waals surface area contributed by atoms with Gasteiger partial charge in [0.2, 0.25) is 0 Å². The second-order valence-electron chi connectivity index (χ2n) is 5.23. The normalized spacial score (nSPS) is 17.9. The molecule has 0 spiro atoms. The van der Waals surface area contributed by atoms with Crippen LogP contribution >= 0.6 is 0 Å². The smallest absolute Gasteiger partial charge is 0.308 e. The maximum absolute atomic E-state index is 12.6. The van der Waals surface area contributed by atoms with E-state index < -0.39 is 11.9 Å². The van der Waals surface area contributed by atoms with Gasteiger partial charge in [-0.3, -0.25) is 9.59 Å². The van der Waals surface area contributed by atoms with E-state index in [2.05, 4.69) is 0 Å². The molecule has 1 aromatic carbocycles. The van der Waals surface area contributed by atoms with Crippen molar-refractivity contribution in [1.82, 2.24) is 4.90 Å². The van der Waals surface area contributed by atoms with E-state index in [0.29, 0.717) is 43.1 Å². The van der Waals surface area contributed by atoms with Crippen molar-refractivity contribution in [3.8, 4) is 11.5 Å². The zero-order valence-electron chi connectivity index (χ0n) is 12.9. The van der Waals surface area contributed by atoms with Crippen molar-refractivity contribution in [2.45, 2.75) is 19.8 Å². The first-order chi connectivity index (χ1) is 10.6. The molecule has 1 amide bonds. The van der Waals surface area contributed by atoms with Crippen LogP contribution in [0.3, 0.4) is 0 Å². The Morgan fingerprint density at radius 2 is 2.14 bits per heavy atom. The number of rotatable bonds is 5. The molecule has 1 aliphatic rings. The molecule has 1 atom stereocenters. The highest BCUT2D eigenvalue weighted by Crippen LogP contribution is 2.29. The second kappa shape index (κ2) is 7.15. The summed E-state index contributed by atoms with van der Waals surface area (Å²) >= 11 is 0. The Bertz CT molecular complexity index is 557. The summed E-state index contributed by atoms with van der Waals surface area (Å²) in [6.07, 6.45) is 1.32. The SMILES string of the molecule is CCOc1cc(C(=O)N2CCC[C@@H](C(=O)O)C2)ccc1OC. The third-order valence-electron chi connectivity index (χ3n) is 3.77. The summed E-state index contributed by atoms with van der Waals surface area (Å²) in [5.74, 6) is -0.415. The molecule has 6 heteroatoms. The lowest BCUT2D eigenvalue weighted by atomic mass is 9.97. The van der Waals surface area contributed by atoms with Gasteiger partial charge < -0.3 is 19.5 Å². The van der Waals surface area contributed by atoms with Crippen LogP contribution in [0.25, 0.3) is 0 Å². The van der Waals surface area contributed by atoms with Crippen molar-refractivity contribution < 1.29 is 24.2 Å². The zero-order chi connectivity index (χ0) is 16.1. The molecular formula is C16H21NO5. The average Bonchev–Trinajstić information content (AvgIpc) is 2.54. The third kappa shape index (κ3) is 3.50. The molecule has 6 nitrogen and oxygen atoms in total. The molecule has 2 rings (SSSR count). The molecule has 0 bridgehead atoms. The number of carboxylic acid groups (broad SMARTS) is 1. The van der Waals surface area contributed by atoms with Crippen LogP contribution in [0.4, 0.5) is 0 Å². The average molecular weight is 307 g/mol. The fraction of sp³-hybridized carbons (Fsp3) is 0.500. The van der Waals surface area contributed by atoms with Crippen LogP contribution in [0.2, 0.25) is 0 Å². The van der Waals surface area contributed by atoms with Crippen LogP contribution in [-0.2, 0) is 4.79 Å². The Morgan fingerprint density at radius 1 is 1.36 bits per heavy atom. The Labute approximate surface area is 129 Å². The van der Waals surface area contributed by atoms with Crippen LogP contribution in [0.5, 0.6) is 11.5 Å². The highest BCUT2D eigenvalue weighted by molar-refractivity contribution is 5.95. The minimum atomic E-state index is -0.845. The maximum Gasteiger partial charge on any atom is 0.308 e. The number of nitrogens with zero attached hydrogens (tertiary/aromatic N) is 1. The lowest BCUT2D eigenvalue weighted by Gasteiger charge is -2.30. The summed E-state index contributed by atoms with van der Waals surface area (Å²) in [4.78, 5) is 25.3. The van der Waals surface area contributed by atoms with Gasteiger partial charge >= 0.3 is 5.97 Å². The van der Waals surface area contributed by atoms with Crippen molar-refractivity contribution in [3.05, 3.63) is 23.8 Å². The van der Waals surface area contributed by atoms with Gasteiger partial charge in [0.1, 0.15) is 0 Å². The first kappa shape index (κ1) is 16.1. The van der Waals surface area contributed by atoms with E-state index in [4.69, 9.17) is 14.6 Å². The highest BCUT2D eigenvalue weighted by Gasteiger charge is 2.29. The number of carbonyl (C=O) groups excluding carboxylic acids is 1. The molecular weight excluding hydrogens is 286 g/mol. The first-order valence-electron chi connectivity index (χ1n) is 7.39. The summed E-state index contributed by atoms with van der Waals surface area (Å²) in [7, 11) is 1.54. The van der Waals surface area contributed by atoms with Gasteiger partial charge in [-0.25, -0.2) is 0 Å². The van der Waals surface area contributed by atoms with E-state index in [9.17, 15) is 9.59 Å². The fourth-order valence-electron chi connectivity index (χ4n) is 2.62. The number of carboxylic acids is 1. The number of ether oxygens (including phenoxy) is 2.